The summed E-state index contributed by atoms with van der Waals surface area (Å²) in [5.74, 6) is 2.34. The Morgan fingerprint density at radius 2 is 1.20 bits per heavy atom. The number of nitrogens with zero attached hydrogens (tertiary/aromatic N) is 4. The van der Waals surface area contributed by atoms with E-state index in [0.29, 0.717) is 0 Å². The van der Waals surface area contributed by atoms with Crippen molar-refractivity contribution in [3.05, 3.63) is 119 Å². The van der Waals surface area contributed by atoms with Gasteiger partial charge in [0.05, 0.1) is 5.69 Å². The van der Waals surface area contributed by atoms with Crippen molar-refractivity contribution < 1.29 is 4.42 Å². The molecule has 0 N–H and O–H groups in total. The van der Waals surface area contributed by atoms with Gasteiger partial charge in [-0.15, -0.1) is 0 Å². The van der Waals surface area contributed by atoms with Crippen LogP contribution in [0.1, 0.15) is 69.9 Å². The van der Waals surface area contributed by atoms with Gasteiger partial charge in [-0.05, 0) is 107 Å². The highest BCUT2D eigenvalue weighted by atomic mass is 16.3. The second-order valence-corrected chi connectivity index (χ2v) is 15.8. The second-order valence-electron chi connectivity index (χ2n) is 15.8. The van der Waals surface area contributed by atoms with Gasteiger partial charge in [-0.3, -0.25) is 4.98 Å². The van der Waals surface area contributed by atoms with Crippen molar-refractivity contribution in [2.75, 3.05) is 0 Å². The minimum atomic E-state index is -0.198. The zero-order valence-corrected chi connectivity index (χ0v) is 30.4. The van der Waals surface area contributed by atoms with Crippen LogP contribution in [0, 0.1) is 20.8 Å². The molecule has 0 atom stereocenters. The Kier molecular flexibility index (Phi) is 7.20. The van der Waals surface area contributed by atoms with Gasteiger partial charge in [-0.1, -0.05) is 90.1 Å². The van der Waals surface area contributed by atoms with E-state index in [0.717, 1.165) is 78.5 Å². The molecule has 0 aliphatic heterocycles. The molecule has 0 aliphatic carbocycles. The number of furan rings is 1. The van der Waals surface area contributed by atoms with Crippen molar-refractivity contribution in [3.63, 3.8) is 0 Å². The molecule has 0 amide bonds. The van der Waals surface area contributed by atoms with Crippen molar-refractivity contribution in [1.29, 1.82) is 0 Å². The molecule has 5 heteroatoms. The molecule has 3 heterocycles. The van der Waals surface area contributed by atoms with E-state index in [1.807, 2.05) is 6.20 Å². The van der Waals surface area contributed by atoms with Gasteiger partial charge in [0.2, 0.25) is 0 Å². The van der Waals surface area contributed by atoms with Crippen molar-refractivity contribution in [2.45, 2.75) is 73.1 Å². The number of para-hydroxylation sites is 1. The molecule has 0 fully saturated rings. The van der Waals surface area contributed by atoms with Gasteiger partial charge in [0, 0.05) is 38.9 Å². The monoisotopic (exact) mass is 654 g/mol. The Morgan fingerprint density at radius 1 is 0.540 bits per heavy atom. The molecule has 0 spiro atoms. The van der Waals surface area contributed by atoms with Gasteiger partial charge in [-0.2, -0.15) is 0 Å². The van der Waals surface area contributed by atoms with Crippen LogP contribution < -0.4 is 0 Å². The van der Waals surface area contributed by atoms with Crippen molar-refractivity contribution in [3.8, 4) is 33.8 Å². The summed E-state index contributed by atoms with van der Waals surface area (Å²) in [7, 11) is 0. The Bertz CT molecular complexity index is 2600. The quantitative estimate of drug-likeness (QED) is 0.177. The zero-order valence-electron chi connectivity index (χ0n) is 30.4. The van der Waals surface area contributed by atoms with Gasteiger partial charge in [-0.25, -0.2) is 15.0 Å². The Balaban J connectivity index is 1.25. The summed E-state index contributed by atoms with van der Waals surface area (Å²) >= 11 is 0. The van der Waals surface area contributed by atoms with Crippen LogP contribution in [0.3, 0.4) is 0 Å². The predicted octanol–water partition coefficient (Wildman–Crippen LogP) is 12.0. The van der Waals surface area contributed by atoms with Crippen molar-refractivity contribution in [2.24, 2.45) is 0 Å². The van der Waals surface area contributed by atoms with Gasteiger partial charge >= 0.3 is 0 Å². The maximum Gasteiger partial charge on any atom is 0.163 e. The van der Waals surface area contributed by atoms with E-state index in [9.17, 15) is 0 Å². The number of benzene rings is 5. The molecule has 248 valence electrons. The molecule has 5 aromatic carbocycles. The molecule has 0 radical (unpaired) electrons. The standard InChI is InChI=1S/C45H42N4O/c1-25-19-30(41-47-42(44(4,5)6)49-43(48-41)45(7,8)9)20-26(2)39(25)34-22-37(46-24-27(34)3)33-16-12-15-32-36-21-29-18-17-28-13-10-11-14-31(28)35(29)23-38(36)50-40(32)33/h10-24H,1-9H3. The lowest BCUT2D eigenvalue weighted by Crippen LogP contribution is -2.24. The molecule has 8 rings (SSSR count). The maximum absolute atomic E-state index is 6.69. The fourth-order valence-corrected chi connectivity index (χ4v) is 7.13. The first-order valence-electron chi connectivity index (χ1n) is 17.4. The summed E-state index contributed by atoms with van der Waals surface area (Å²) in [6.07, 6.45) is 1.98. The second kappa shape index (κ2) is 11.3. The molecular weight excluding hydrogens is 613 g/mol. The summed E-state index contributed by atoms with van der Waals surface area (Å²) in [6.45, 7) is 19.4. The van der Waals surface area contributed by atoms with Crippen LogP contribution in [0.15, 0.2) is 95.5 Å². The van der Waals surface area contributed by atoms with Crippen LogP contribution in [0.5, 0.6) is 0 Å². The highest BCUT2D eigenvalue weighted by Gasteiger charge is 2.26. The summed E-state index contributed by atoms with van der Waals surface area (Å²) in [5.41, 5.74) is 10.0. The number of hydrogen-bond acceptors (Lipinski definition) is 5. The molecule has 3 aromatic heterocycles. The number of hydrogen-bond donors (Lipinski definition) is 0. The molecular formula is C45H42N4O. The predicted molar refractivity (Wildman–Crippen MR) is 208 cm³/mol. The summed E-state index contributed by atoms with van der Waals surface area (Å²) in [5, 5.41) is 7.06. The van der Waals surface area contributed by atoms with Gasteiger partial charge in [0.25, 0.3) is 0 Å². The minimum Gasteiger partial charge on any atom is -0.455 e. The molecule has 5 nitrogen and oxygen atoms in total. The summed E-state index contributed by atoms with van der Waals surface area (Å²) in [4.78, 5) is 19.8. The first-order chi connectivity index (χ1) is 23.8. The first-order valence-corrected chi connectivity index (χ1v) is 17.4. The normalized spacial score (nSPS) is 12.5. The fourth-order valence-electron chi connectivity index (χ4n) is 7.13. The lowest BCUT2D eigenvalue weighted by molar-refractivity contribution is 0.497. The molecule has 8 aromatic rings. The van der Waals surface area contributed by atoms with Crippen LogP contribution in [0.4, 0.5) is 0 Å². The third-order valence-corrected chi connectivity index (χ3v) is 9.78. The SMILES string of the molecule is Cc1cnc(-c2cccc3c2oc2cc4c(ccc5ccccc54)cc23)cc1-c1c(C)cc(-c2nc(C(C)(C)C)nc(C(C)(C)C)n2)cc1C. The third-order valence-electron chi connectivity index (χ3n) is 9.78. The number of pyridine rings is 1. The third kappa shape index (κ3) is 5.32. The number of fused-ring (bicyclic) bond motifs is 6. The van der Waals surface area contributed by atoms with Gasteiger partial charge in [0.1, 0.15) is 22.8 Å². The van der Waals surface area contributed by atoms with Crippen LogP contribution in [0.2, 0.25) is 0 Å². The van der Waals surface area contributed by atoms with E-state index in [1.54, 1.807) is 0 Å². The summed E-state index contributed by atoms with van der Waals surface area (Å²) in [6, 6.07) is 30.4. The van der Waals surface area contributed by atoms with Crippen molar-refractivity contribution in [1.82, 2.24) is 19.9 Å². The molecule has 0 saturated carbocycles. The van der Waals surface area contributed by atoms with Crippen LogP contribution in [-0.4, -0.2) is 19.9 Å². The van der Waals surface area contributed by atoms with E-state index < -0.39 is 0 Å². The van der Waals surface area contributed by atoms with Crippen molar-refractivity contribution >= 4 is 43.5 Å². The molecule has 0 saturated heterocycles. The fraction of sp³-hybridized carbons (Fsp3) is 0.244. The van der Waals surface area contributed by atoms with E-state index >= 15 is 0 Å². The molecule has 0 aliphatic rings. The Morgan fingerprint density at radius 3 is 1.90 bits per heavy atom. The van der Waals surface area contributed by atoms with Crippen LogP contribution in [0.25, 0.3) is 77.3 Å². The minimum absolute atomic E-state index is 0.198. The first kappa shape index (κ1) is 31.8. The lowest BCUT2D eigenvalue weighted by atomic mass is 9.90. The summed E-state index contributed by atoms with van der Waals surface area (Å²) < 4.78 is 6.69. The van der Waals surface area contributed by atoms with E-state index in [1.165, 1.54) is 27.1 Å². The van der Waals surface area contributed by atoms with Crippen LogP contribution >= 0.6 is 0 Å². The van der Waals surface area contributed by atoms with Crippen LogP contribution in [-0.2, 0) is 10.8 Å². The Hall–Kier alpha value is -5.42. The lowest BCUT2D eigenvalue weighted by Gasteiger charge is -2.23. The zero-order chi connectivity index (χ0) is 35.1. The topological polar surface area (TPSA) is 64.7 Å². The van der Waals surface area contributed by atoms with Gasteiger partial charge < -0.3 is 4.42 Å². The largest absolute Gasteiger partial charge is 0.455 e. The van der Waals surface area contributed by atoms with Gasteiger partial charge in [0.15, 0.2) is 5.82 Å². The number of rotatable bonds is 3. The number of aryl methyl sites for hydroxylation is 3. The highest BCUT2D eigenvalue weighted by Crippen LogP contribution is 2.41. The molecule has 0 bridgehead atoms. The van der Waals surface area contributed by atoms with E-state index in [2.05, 4.69) is 147 Å². The number of aromatic nitrogens is 4. The Labute approximate surface area is 293 Å². The maximum atomic E-state index is 6.69. The van der Waals surface area contributed by atoms with E-state index in [-0.39, 0.29) is 10.8 Å². The average molecular weight is 655 g/mol. The average Bonchev–Trinajstić information content (AvgIpc) is 3.44. The highest BCUT2D eigenvalue weighted by molar-refractivity contribution is 6.17. The molecule has 50 heavy (non-hydrogen) atoms. The smallest absolute Gasteiger partial charge is 0.163 e. The van der Waals surface area contributed by atoms with E-state index in [4.69, 9.17) is 24.4 Å². The molecule has 0 unspecified atom stereocenters.